The summed E-state index contributed by atoms with van der Waals surface area (Å²) in [4.78, 5) is 13.2. The third-order valence-electron chi connectivity index (χ3n) is 3.39. The van der Waals surface area contributed by atoms with E-state index in [0.717, 1.165) is 30.8 Å². The number of rotatable bonds is 6. The third-order valence-corrected chi connectivity index (χ3v) is 3.39. The quantitative estimate of drug-likeness (QED) is 0.849. The number of hydrogen-bond acceptors (Lipinski definition) is 3. The Hall–Kier alpha value is -2.14. The smallest absolute Gasteiger partial charge is 0.353 e. The molecule has 0 saturated heterocycles. The first-order valence-electron chi connectivity index (χ1n) is 6.75. The van der Waals surface area contributed by atoms with Gasteiger partial charge in [-0.2, -0.15) is 5.10 Å². The van der Waals surface area contributed by atoms with E-state index >= 15 is 0 Å². The van der Waals surface area contributed by atoms with Crippen molar-refractivity contribution in [1.82, 2.24) is 15.1 Å². The highest BCUT2D eigenvalue weighted by atomic mass is 16.4. The zero-order valence-corrected chi connectivity index (χ0v) is 11.8. The lowest BCUT2D eigenvalue weighted by Gasteiger charge is -2.19. The minimum Gasteiger partial charge on any atom is -0.477 e. The Bertz CT molecular complexity index is 588. The predicted octanol–water partition coefficient (Wildman–Crippen LogP) is 2.62. The van der Waals surface area contributed by atoms with Crippen LogP contribution in [0.4, 0.5) is 0 Å². The molecule has 0 fully saturated rings. The van der Waals surface area contributed by atoms with Gasteiger partial charge in [0.05, 0.1) is 5.69 Å². The summed E-state index contributed by atoms with van der Waals surface area (Å²) in [6.07, 6.45) is 0. The first kappa shape index (κ1) is 14.3. The van der Waals surface area contributed by atoms with Crippen molar-refractivity contribution < 1.29 is 9.90 Å². The number of aromatic amines is 1. The summed E-state index contributed by atoms with van der Waals surface area (Å²) in [6.45, 7) is 7.04. The maximum Gasteiger partial charge on any atom is 0.353 e. The molecule has 1 heterocycles. The van der Waals surface area contributed by atoms with Gasteiger partial charge in [-0.3, -0.25) is 10.00 Å². The van der Waals surface area contributed by atoms with Gasteiger partial charge < -0.3 is 5.11 Å². The highest BCUT2D eigenvalue weighted by Gasteiger charge is 2.13. The van der Waals surface area contributed by atoms with Crippen molar-refractivity contribution in [3.63, 3.8) is 0 Å². The molecule has 106 valence electrons. The van der Waals surface area contributed by atoms with Crippen molar-refractivity contribution in [1.29, 1.82) is 0 Å². The van der Waals surface area contributed by atoms with E-state index < -0.39 is 5.97 Å². The van der Waals surface area contributed by atoms with Gasteiger partial charge in [0.25, 0.3) is 0 Å². The number of nitrogens with one attached hydrogen (secondary N) is 1. The molecule has 0 aliphatic heterocycles. The molecular weight excluding hydrogens is 254 g/mol. The SMILES string of the molecule is CCN(CC)Cc1ccccc1-c1cc(C(=O)O)[nH]n1. The Morgan fingerprint density at radius 1 is 1.30 bits per heavy atom. The lowest BCUT2D eigenvalue weighted by Crippen LogP contribution is -2.22. The zero-order valence-electron chi connectivity index (χ0n) is 11.8. The molecule has 0 aliphatic rings. The average molecular weight is 273 g/mol. The van der Waals surface area contributed by atoms with Crippen molar-refractivity contribution in [2.75, 3.05) is 13.1 Å². The van der Waals surface area contributed by atoms with Crippen LogP contribution in [0.25, 0.3) is 11.3 Å². The molecule has 0 amide bonds. The van der Waals surface area contributed by atoms with Crippen LogP contribution in [0.5, 0.6) is 0 Å². The maximum absolute atomic E-state index is 10.9. The summed E-state index contributed by atoms with van der Waals surface area (Å²) in [6, 6.07) is 9.54. The summed E-state index contributed by atoms with van der Waals surface area (Å²) >= 11 is 0. The normalized spacial score (nSPS) is 10.9. The van der Waals surface area contributed by atoms with E-state index in [1.165, 1.54) is 0 Å². The molecule has 0 spiro atoms. The van der Waals surface area contributed by atoms with Gasteiger partial charge in [-0.05, 0) is 24.7 Å². The van der Waals surface area contributed by atoms with Crippen molar-refractivity contribution in [3.8, 4) is 11.3 Å². The van der Waals surface area contributed by atoms with Gasteiger partial charge in [-0.15, -0.1) is 0 Å². The molecule has 5 heteroatoms. The number of aromatic nitrogens is 2. The van der Waals surface area contributed by atoms with Crippen LogP contribution in [-0.2, 0) is 6.54 Å². The summed E-state index contributed by atoms with van der Waals surface area (Å²) in [5, 5.41) is 15.6. The summed E-state index contributed by atoms with van der Waals surface area (Å²) < 4.78 is 0. The molecule has 0 unspecified atom stereocenters. The first-order chi connectivity index (χ1) is 9.65. The number of carbonyl (C=O) groups is 1. The molecule has 2 aromatic rings. The number of hydrogen-bond donors (Lipinski definition) is 2. The van der Waals surface area contributed by atoms with Gasteiger partial charge in [0.2, 0.25) is 0 Å². The second-order valence-corrected chi connectivity index (χ2v) is 4.59. The number of H-pyrrole nitrogens is 1. The predicted molar refractivity (Wildman–Crippen MR) is 77.6 cm³/mol. The Kier molecular flexibility index (Phi) is 4.53. The first-order valence-corrected chi connectivity index (χ1v) is 6.75. The molecule has 1 aromatic carbocycles. The zero-order chi connectivity index (χ0) is 14.5. The molecule has 1 aromatic heterocycles. The van der Waals surface area contributed by atoms with Crippen LogP contribution >= 0.6 is 0 Å². The van der Waals surface area contributed by atoms with E-state index in [4.69, 9.17) is 5.11 Å². The summed E-state index contributed by atoms with van der Waals surface area (Å²) in [5.41, 5.74) is 2.91. The van der Waals surface area contributed by atoms with E-state index in [2.05, 4.69) is 35.0 Å². The van der Waals surface area contributed by atoms with E-state index in [9.17, 15) is 4.79 Å². The Morgan fingerprint density at radius 3 is 2.60 bits per heavy atom. The fourth-order valence-corrected chi connectivity index (χ4v) is 2.17. The number of carboxylic acids is 1. The molecule has 2 N–H and O–H groups in total. The van der Waals surface area contributed by atoms with Gasteiger partial charge in [0.15, 0.2) is 0 Å². The van der Waals surface area contributed by atoms with E-state index in [0.29, 0.717) is 5.69 Å². The third kappa shape index (κ3) is 3.05. The van der Waals surface area contributed by atoms with Gasteiger partial charge >= 0.3 is 5.97 Å². The molecule has 0 saturated carbocycles. The minimum absolute atomic E-state index is 0.109. The van der Waals surface area contributed by atoms with Crippen LogP contribution in [0.1, 0.15) is 29.9 Å². The highest BCUT2D eigenvalue weighted by molar-refractivity contribution is 5.87. The van der Waals surface area contributed by atoms with E-state index in [-0.39, 0.29) is 5.69 Å². The number of aromatic carboxylic acids is 1. The fraction of sp³-hybridized carbons (Fsp3) is 0.333. The largest absolute Gasteiger partial charge is 0.477 e. The number of benzene rings is 1. The minimum atomic E-state index is -0.995. The van der Waals surface area contributed by atoms with Gasteiger partial charge in [-0.1, -0.05) is 38.1 Å². The lowest BCUT2D eigenvalue weighted by atomic mass is 10.0. The molecule has 5 nitrogen and oxygen atoms in total. The second kappa shape index (κ2) is 6.34. The van der Waals surface area contributed by atoms with Crippen molar-refractivity contribution in [2.45, 2.75) is 20.4 Å². The van der Waals surface area contributed by atoms with Crippen LogP contribution in [-0.4, -0.2) is 39.3 Å². The van der Waals surface area contributed by atoms with Crippen LogP contribution < -0.4 is 0 Å². The van der Waals surface area contributed by atoms with Crippen LogP contribution in [0.15, 0.2) is 30.3 Å². The Balaban J connectivity index is 2.33. The van der Waals surface area contributed by atoms with Crippen molar-refractivity contribution in [2.24, 2.45) is 0 Å². The highest BCUT2D eigenvalue weighted by Crippen LogP contribution is 2.23. The molecule has 20 heavy (non-hydrogen) atoms. The molecule has 2 rings (SSSR count). The average Bonchev–Trinajstić information content (AvgIpc) is 2.95. The fourth-order valence-electron chi connectivity index (χ4n) is 2.17. The lowest BCUT2D eigenvalue weighted by molar-refractivity contribution is 0.0690. The van der Waals surface area contributed by atoms with E-state index in [1.54, 1.807) is 6.07 Å². The number of nitrogens with zero attached hydrogens (tertiary/aromatic N) is 2. The van der Waals surface area contributed by atoms with Crippen LogP contribution in [0, 0.1) is 0 Å². The summed E-state index contributed by atoms with van der Waals surface area (Å²) in [5.74, 6) is -0.995. The number of carboxylic acid groups (broad SMARTS) is 1. The standard InChI is InChI=1S/C15H19N3O2/c1-3-18(4-2)10-11-7-5-6-8-12(11)13-9-14(15(19)20)17-16-13/h5-9H,3-4,10H2,1-2H3,(H,16,17)(H,19,20). The molecule has 0 radical (unpaired) electrons. The molecule has 0 atom stereocenters. The molecular formula is C15H19N3O2. The summed E-state index contributed by atoms with van der Waals surface area (Å²) in [7, 11) is 0. The molecule has 0 aliphatic carbocycles. The van der Waals surface area contributed by atoms with Gasteiger partial charge in [0.1, 0.15) is 5.69 Å². The van der Waals surface area contributed by atoms with Crippen molar-refractivity contribution in [3.05, 3.63) is 41.6 Å². The van der Waals surface area contributed by atoms with Gasteiger partial charge in [-0.25, -0.2) is 4.79 Å². The maximum atomic E-state index is 10.9. The van der Waals surface area contributed by atoms with E-state index in [1.807, 2.05) is 18.2 Å². The van der Waals surface area contributed by atoms with Gasteiger partial charge in [0, 0.05) is 12.1 Å². The monoisotopic (exact) mass is 273 g/mol. The van der Waals surface area contributed by atoms with Crippen molar-refractivity contribution >= 4 is 5.97 Å². The van der Waals surface area contributed by atoms with Crippen LogP contribution in [0.2, 0.25) is 0 Å². The topological polar surface area (TPSA) is 69.2 Å². The Labute approximate surface area is 118 Å². The van der Waals surface area contributed by atoms with Crippen LogP contribution in [0.3, 0.4) is 0 Å². The molecule has 0 bridgehead atoms. The Morgan fingerprint density at radius 2 is 2.00 bits per heavy atom. The second-order valence-electron chi connectivity index (χ2n) is 4.59.